The molecule has 2 aromatic heterocycles. The molecule has 3 N–H and O–H groups in total. The summed E-state index contributed by atoms with van der Waals surface area (Å²) in [5.41, 5.74) is 2.61. The highest BCUT2D eigenvalue weighted by Crippen LogP contribution is 2.27. The second-order valence-electron chi connectivity index (χ2n) is 8.54. The Bertz CT molecular complexity index is 1200. The van der Waals surface area contributed by atoms with Crippen LogP contribution >= 0.6 is 11.6 Å². The molecule has 178 valence electrons. The lowest BCUT2D eigenvalue weighted by Gasteiger charge is -2.22. The first-order valence-corrected chi connectivity index (χ1v) is 11.4. The number of carbonyl (C=O) groups excluding carboxylic acids is 2. The molecule has 9 nitrogen and oxygen atoms in total. The smallest absolute Gasteiger partial charge is 0.407 e. The van der Waals surface area contributed by atoms with Crippen LogP contribution in [0.5, 0.6) is 0 Å². The summed E-state index contributed by atoms with van der Waals surface area (Å²) in [5, 5.41) is 15.5. The highest BCUT2D eigenvalue weighted by Gasteiger charge is 2.40. The summed E-state index contributed by atoms with van der Waals surface area (Å²) in [4.78, 5) is 42.5. The first-order chi connectivity index (χ1) is 16.3. The molecule has 0 radical (unpaired) electrons. The number of rotatable bonds is 7. The van der Waals surface area contributed by atoms with E-state index in [0.29, 0.717) is 23.6 Å². The van der Waals surface area contributed by atoms with Gasteiger partial charge in [0.25, 0.3) is 0 Å². The fraction of sp³-hybridized carbons (Fsp3) is 0.333. The first-order valence-electron chi connectivity index (χ1n) is 11.0. The Kier molecular flexibility index (Phi) is 7.02. The van der Waals surface area contributed by atoms with Gasteiger partial charge in [-0.1, -0.05) is 48.0 Å². The van der Waals surface area contributed by atoms with E-state index in [1.54, 1.807) is 29.8 Å². The number of carbonyl (C=O) groups is 3. The van der Waals surface area contributed by atoms with Gasteiger partial charge in [-0.15, -0.1) is 0 Å². The lowest BCUT2D eigenvalue weighted by Crippen LogP contribution is -2.51. The second kappa shape index (κ2) is 10.1. The summed E-state index contributed by atoms with van der Waals surface area (Å²) in [5.74, 6) is -0.804. The van der Waals surface area contributed by atoms with Crippen LogP contribution in [-0.2, 0) is 22.6 Å². The SMILES string of the molecule is C[C@H](NC(=O)[C@H]1C[C@H](Cc2ccccc2)CN1C(=O)O)C(=O)NCc1ccc2ncc(Cl)n2c1. The Morgan fingerprint density at radius 3 is 2.68 bits per heavy atom. The molecule has 0 bridgehead atoms. The number of imidazole rings is 1. The molecule has 3 atom stereocenters. The van der Waals surface area contributed by atoms with Crippen molar-refractivity contribution in [2.75, 3.05) is 6.54 Å². The van der Waals surface area contributed by atoms with E-state index in [1.165, 1.54) is 0 Å². The van der Waals surface area contributed by atoms with Gasteiger partial charge in [-0.2, -0.15) is 0 Å². The standard InChI is InChI=1S/C24H26ClN5O4/c1-15(22(31)27-11-17-7-8-21-26-12-20(25)30(21)13-17)28-23(32)19-10-18(14-29(19)24(33)34)9-16-5-3-2-4-6-16/h2-8,12-13,15,18-19H,9-11,14H2,1H3,(H,27,31)(H,28,32)(H,33,34)/t15-,18-,19+/m0/s1. The molecule has 3 heterocycles. The third kappa shape index (κ3) is 5.31. The van der Waals surface area contributed by atoms with Crippen LogP contribution in [0.4, 0.5) is 4.79 Å². The van der Waals surface area contributed by atoms with Gasteiger partial charge in [-0.3, -0.25) is 18.9 Å². The van der Waals surface area contributed by atoms with E-state index in [1.807, 2.05) is 36.4 Å². The number of pyridine rings is 1. The number of hydrogen-bond donors (Lipinski definition) is 3. The molecule has 0 spiro atoms. The third-order valence-electron chi connectivity index (χ3n) is 6.04. The lowest BCUT2D eigenvalue weighted by atomic mass is 9.96. The second-order valence-corrected chi connectivity index (χ2v) is 8.92. The summed E-state index contributed by atoms with van der Waals surface area (Å²) in [6.07, 6.45) is 3.29. The van der Waals surface area contributed by atoms with Crippen LogP contribution in [0.25, 0.3) is 5.65 Å². The van der Waals surface area contributed by atoms with Crippen molar-refractivity contribution in [2.24, 2.45) is 5.92 Å². The van der Waals surface area contributed by atoms with Crippen LogP contribution in [0.1, 0.15) is 24.5 Å². The topological polar surface area (TPSA) is 116 Å². The maximum absolute atomic E-state index is 12.9. The van der Waals surface area contributed by atoms with Crippen molar-refractivity contribution >= 4 is 35.2 Å². The number of aromatic nitrogens is 2. The molecule has 4 rings (SSSR count). The van der Waals surface area contributed by atoms with Gasteiger partial charge in [0.05, 0.1) is 6.20 Å². The molecule has 0 aliphatic carbocycles. The van der Waals surface area contributed by atoms with Crippen LogP contribution < -0.4 is 10.6 Å². The van der Waals surface area contributed by atoms with Crippen LogP contribution in [0, 0.1) is 5.92 Å². The number of fused-ring (bicyclic) bond motifs is 1. The van der Waals surface area contributed by atoms with E-state index in [-0.39, 0.29) is 24.9 Å². The zero-order valence-electron chi connectivity index (χ0n) is 18.6. The number of hydrogen-bond acceptors (Lipinski definition) is 4. The van der Waals surface area contributed by atoms with Crippen molar-refractivity contribution in [1.82, 2.24) is 24.9 Å². The average molecular weight is 484 g/mol. The molecule has 1 fully saturated rings. The molecule has 0 unspecified atom stereocenters. The number of carboxylic acid groups (broad SMARTS) is 1. The van der Waals surface area contributed by atoms with E-state index < -0.39 is 24.1 Å². The summed E-state index contributed by atoms with van der Waals surface area (Å²) in [6.45, 7) is 2.10. The minimum Gasteiger partial charge on any atom is -0.465 e. The predicted octanol–water partition coefficient (Wildman–Crippen LogP) is 2.72. The highest BCUT2D eigenvalue weighted by atomic mass is 35.5. The molecule has 10 heteroatoms. The van der Waals surface area contributed by atoms with E-state index in [9.17, 15) is 19.5 Å². The molecule has 34 heavy (non-hydrogen) atoms. The van der Waals surface area contributed by atoms with Crippen molar-refractivity contribution < 1.29 is 19.5 Å². The van der Waals surface area contributed by atoms with Gasteiger partial charge < -0.3 is 15.7 Å². The minimum atomic E-state index is -1.14. The van der Waals surface area contributed by atoms with E-state index in [4.69, 9.17) is 11.6 Å². The molecular formula is C24H26ClN5O4. The van der Waals surface area contributed by atoms with Crippen molar-refractivity contribution in [3.05, 3.63) is 71.1 Å². The van der Waals surface area contributed by atoms with Gasteiger partial charge in [0.1, 0.15) is 22.9 Å². The van der Waals surface area contributed by atoms with Gasteiger partial charge in [-0.05, 0) is 42.9 Å². The zero-order chi connectivity index (χ0) is 24.2. The highest BCUT2D eigenvalue weighted by molar-refractivity contribution is 6.29. The molecule has 0 saturated carbocycles. The number of benzene rings is 1. The van der Waals surface area contributed by atoms with Gasteiger partial charge in [-0.25, -0.2) is 9.78 Å². The Morgan fingerprint density at radius 1 is 1.18 bits per heavy atom. The summed E-state index contributed by atoms with van der Waals surface area (Å²) in [6, 6.07) is 11.8. The number of nitrogens with zero attached hydrogens (tertiary/aromatic N) is 3. The summed E-state index contributed by atoms with van der Waals surface area (Å²) < 4.78 is 1.71. The van der Waals surface area contributed by atoms with E-state index >= 15 is 0 Å². The fourth-order valence-electron chi connectivity index (χ4n) is 4.29. The minimum absolute atomic E-state index is 0.0308. The molecular weight excluding hydrogens is 458 g/mol. The van der Waals surface area contributed by atoms with Crippen LogP contribution in [0.3, 0.4) is 0 Å². The number of halogens is 1. The largest absolute Gasteiger partial charge is 0.465 e. The molecule has 1 aliphatic heterocycles. The normalized spacial score (nSPS) is 18.6. The average Bonchev–Trinajstić information content (AvgIpc) is 3.42. The fourth-order valence-corrected chi connectivity index (χ4v) is 4.48. The molecule has 3 aromatic rings. The predicted molar refractivity (Wildman–Crippen MR) is 126 cm³/mol. The third-order valence-corrected chi connectivity index (χ3v) is 6.32. The van der Waals surface area contributed by atoms with Crippen molar-refractivity contribution in [2.45, 2.75) is 38.4 Å². The molecule has 1 aromatic carbocycles. The lowest BCUT2D eigenvalue weighted by molar-refractivity contribution is -0.130. The van der Waals surface area contributed by atoms with E-state index in [0.717, 1.165) is 16.0 Å². The van der Waals surface area contributed by atoms with Gasteiger partial charge in [0, 0.05) is 19.3 Å². The zero-order valence-corrected chi connectivity index (χ0v) is 19.4. The van der Waals surface area contributed by atoms with Gasteiger partial charge >= 0.3 is 6.09 Å². The van der Waals surface area contributed by atoms with Gasteiger partial charge in [0.15, 0.2) is 0 Å². The number of likely N-dealkylation sites (tertiary alicyclic amines) is 1. The monoisotopic (exact) mass is 483 g/mol. The Labute approximate surface area is 201 Å². The maximum atomic E-state index is 12.9. The first kappa shape index (κ1) is 23.6. The Hall–Kier alpha value is -3.59. The number of amides is 3. The van der Waals surface area contributed by atoms with E-state index in [2.05, 4.69) is 15.6 Å². The maximum Gasteiger partial charge on any atom is 0.407 e. The van der Waals surface area contributed by atoms with Crippen LogP contribution in [0.15, 0.2) is 54.9 Å². The van der Waals surface area contributed by atoms with Crippen molar-refractivity contribution in [3.63, 3.8) is 0 Å². The number of nitrogens with one attached hydrogen (secondary N) is 2. The van der Waals surface area contributed by atoms with Crippen LogP contribution in [-0.4, -0.2) is 55.9 Å². The summed E-state index contributed by atoms with van der Waals surface area (Å²) in [7, 11) is 0. The van der Waals surface area contributed by atoms with Crippen molar-refractivity contribution in [1.29, 1.82) is 0 Å². The van der Waals surface area contributed by atoms with Crippen molar-refractivity contribution in [3.8, 4) is 0 Å². The Morgan fingerprint density at radius 2 is 1.94 bits per heavy atom. The summed E-state index contributed by atoms with van der Waals surface area (Å²) >= 11 is 6.09. The van der Waals surface area contributed by atoms with Gasteiger partial charge in [0.2, 0.25) is 11.8 Å². The molecule has 3 amide bonds. The Balaban J connectivity index is 1.32. The van der Waals surface area contributed by atoms with Crippen LogP contribution in [0.2, 0.25) is 5.15 Å². The molecule has 1 aliphatic rings. The molecule has 1 saturated heterocycles. The quantitative estimate of drug-likeness (QED) is 0.478.